The Balaban J connectivity index is 4.05. The van der Waals surface area contributed by atoms with Crippen molar-refractivity contribution < 1.29 is 4.48 Å². The Kier molecular flexibility index (Phi) is 5.06. The first-order valence-electron chi connectivity index (χ1n) is 4.35. The van der Waals surface area contributed by atoms with E-state index in [-0.39, 0.29) is 5.50 Å². The summed E-state index contributed by atoms with van der Waals surface area (Å²) in [5.41, 5.74) is 5.36. The van der Waals surface area contributed by atoms with Gasteiger partial charge < -0.3 is 10.2 Å². The molecule has 0 bridgehead atoms. The van der Waals surface area contributed by atoms with Crippen molar-refractivity contribution in [3.8, 4) is 0 Å². The van der Waals surface area contributed by atoms with Gasteiger partial charge >= 0.3 is 0 Å². The minimum atomic E-state index is -0.199. The number of rotatable bonds is 5. The van der Waals surface area contributed by atoms with Crippen LogP contribution in [0.15, 0.2) is 0 Å². The van der Waals surface area contributed by atoms with Crippen molar-refractivity contribution in [1.82, 2.24) is 0 Å². The summed E-state index contributed by atoms with van der Waals surface area (Å²) in [5.74, 6) is 0. The van der Waals surface area contributed by atoms with Gasteiger partial charge in [-0.05, 0) is 20.8 Å². The van der Waals surface area contributed by atoms with Crippen molar-refractivity contribution in [2.75, 3.05) is 26.2 Å². The molecule has 68 valence electrons. The smallest absolute Gasteiger partial charge is 0.130 e. The minimum absolute atomic E-state index is 0.199. The third-order valence-electron chi connectivity index (χ3n) is 2.57. The molecule has 0 heterocycles. The van der Waals surface area contributed by atoms with Crippen LogP contribution in [0.2, 0.25) is 0 Å². The Morgan fingerprint density at radius 3 is 1.64 bits per heavy atom. The van der Waals surface area contributed by atoms with Crippen LogP contribution in [0, 0.1) is 0 Å². The highest BCUT2D eigenvalue weighted by Crippen LogP contribution is 2.07. The molecule has 0 spiro atoms. The number of hydrogen-bond donors (Lipinski definition) is 1. The van der Waals surface area contributed by atoms with Gasteiger partial charge in [0, 0.05) is 0 Å². The van der Waals surface area contributed by atoms with E-state index in [9.17, 15) is 0 Å². The van der Waals surface area contributed by atoms with Gasteiger partial charge in [-0.1, -0.05) is 11.6 Å². The molecule has 0 radical (unpaired) electrons. The summed E-state index contributed by atoms with van der Waals surface area (Å²) >= 11 is 5.76. The molecule has 0 saturated carbocycles. The number of alkyl halides is 1. The van der Waals surface area contributed by atoms with Crippen molar-refractivity contribution in [2.45, 2.75) is 26.3 Å². The fourth-order valence-electron chi connectivity index (χ4n) is 1.43. The lowest BCUT2D eigenvalue weighted by Gasteiger charge is -2.36. The molecule has 0 aliphatic carbocycles. The van der Waals surface area contributed by atoms with Crippen LogP contribution in [0.5, 0.6) is 0 Å². The number of nitrogens with zero attached hydrogens (tertiary/aromatic N) is 1. The topological polar surface area (TPSA) is 26.0 Å². The summed E-state index contributed by atoms with van der Waals surface area (Å²) in [6.07, 6.45) is 0. The van der Waals surface area contributed by atoms with E-state index in [1.807, 2.05) is 0 Å². The van der Waals surface area contributed by atoms with Crippen LogP contribution < -0.4 is 5.73 Å². The number of halogens is 1. The predicted octanol–water partition coefficient (Wildman–Crippen LogP) is 1.39. The third kappa shape index (κ3) is 3.41. The van der Waals surface area contributed by atoms with Crippen LogP contribution in [0.1, 0.15) is 20.8 Å². The lowest BCUT2D eigenvalue weighted by atomic mass is 10.3. The van der Waals surface area contributed by atoms with E-state index >= 15 is 0 Å². The van der Waals surface area contributed by atoms with Gasteiger partial charge in [0.15, 0.2) is 0 Å². The molecule has 2 N–H and O–H groups in total. The summed E-state index contributed by atoms with van der Waals surface area (Å²) in [6.45, 7) is 10.8. The Bertz CT molecular complexity index is 92.0. The molecule has 0 aromatic carbocycles. The average Bonchev–Trinajstić information content (AvgIpc) is 2.00. The predicted molar refractivity (Wildman–Crippen MR) is 50.6 cm³/mol. The second-order valence-electron chi connectivity index (χ2n) is 2.99. The van der Waals surface area contributed by atoms with Gasteiger partial charge in [-0.2, -0.15) is 0 Å². The molecule has 0 saturated heterocycles. The summed E-state index contributed by atoms with van der Waals surface area (Å²) in [6, 6.07) is 0. The van der Waals surface area contributed by atoms with E-state index in [4.69, 9.17) is 17.3 Å². The first-order valence-corrected chi connectivity index (χ1v) is 4.78. The van der Waals surface area contributed by atoms with Crippen molar-refractivity contribution in [3.63, 3.8) is 0 Å². The molecule has 0 aromatic rings. The lowest BCUT2D eigenvalue weighted by Crippen LogP contribution is -2.52. The molecule has 1 unspecified atom stereocenters. The summed E-state index contributed by atoms with van der Waals surface area (Å²) in [5, 5.41) is 0. The van der Waals surface area contributed by atoms with Crippen molar-refractivity contribution in [2.24, 2.45) is 5.73 Å². The molecule has 11 heavy (non-hydrogen) atoms. The fraction of sp³-hybridized carbons (Fsp3) is 1.00. The quantitative estimate of drug-likeness (QED) is 0.385. The summed E-state index contributed by atoms with van der Waals surface area (Å²) in [7, 11) is 0. The maximum atomic E-state index is 5.76. The van der Waals surface area contributed by atoms with Crippen LogP contribution >= 0.6 is 11.6 Å². The van der Waals surface area contributed by atoms with Crippen molar-refractivity contribution in [1.29, 1.82) is 0 Å². The first kappa shape index (κ1) is 11.2. The molecule has 1 atom stereocenters. The Morgan fingerprint density at radius 1 is 1.18 bits per heavy atom. The van der Waals surface area contributed by atoms with Crippen molar-refractivity contribution in [3.05, 3.63) is 0 Å². The van der Waals surface area contributed by atoms with Crippen molar-refractivity contribution >= 4 is 11.6 Å². The van der Waals surface area contributed by atoms with Crippen LogP contribution in [0.3, 0.4) is 0 Å². The van der Waals surface area contributed by atoms with E-state index in [1.54, 1.807) is 0 Å². The van der Waals surface area contributed by atoms with E-state index < -0.39 is 0 Å². The Morgan fingerprint density at radius 2 is 1.55 bits per heavy atom. The van der Waals surface area contributed by atoms with Gasteiger partial charge in [0.1, 0.15) is 12.0 Å². The molecule has 0 rings (SSSR count). The van der Waals surface area contributed by atoms with Gasteiger partial charge in [-0.25, -0.2) is 0 Å². The molecule has 0 aromatic heterocycles. The average molecular weight is 180 g/mol. The molecule has 2 nitrogen and oxygen atoms in total. The van der Waals surface area contributed by atoms with E-state index in [0.29, 0.717) is 0 Å². The first-order chi connectivity index (χ1) is 5.10. The number of nitrogens with two attached hydrogens (primary N) is 1. The molecule has 0 aliphatic heterocycles. The Hall–Kier alpha value is 0.210. The zero-order valence-electron chi connectivity index (χ0n) is 7.81. The van der Waals surface area contributed by atoms with E-state index in [2.05, 4.69) is 20.8 Å². The van der Waals surface area contributed by atoms with E-state index in [1.165, 1.54) is 0 Å². The SMILES string of the molecule is CC[N+](CC)(CC)CC(N)Cl. The number of likely N-dealkylation sites (N-methyl/N-ethyl adjacent to an activating group) is 1. The maximum absolute atomic E-state index is 5.76. The molecular weight excluding hydrogens is 160 g/mol. The summed E-state index contributed by atoms with van der Waals surface area (Å²) < 4.78 is 1.03. The van der Waals surface area contributed by atoms with Crippen LogP contribution in [0.4, 0.5) is 0 Å². The van der Waals surface area contributed by atoms with Gasteiger partial charge in [-0.15, -0.1) is 0 Å². The van der Waals surface area contributed by atoms with Gasteiger partial charge in [0.05, 0.1) is 19.6 Å². The number of hydrogen-bond acceptors (Lipinski definition) is 1. The normalized spacial score (nSPS) is 15.0. The van der Waals surface area contributed by atoms with Crippen LogP contribution in [0.25, 0.3) is 0 Å². The zero-order chi connectivity index (χ0) is 8.91. The monoisotopic (exact) mass is 179 g/mol. The fourth-order valence-corrected chi connectivity index (χ4v) is 1.72. The third-order valence-corrected chi connectivity index (χ3v) is 2.71. The lowest BCUT2D eigenvalue weighted by molar-refractivity contribution is -0.922. The molecule has 3 heteroatoms. The van der Waals surface area contributed by atoms with E-state index in [0.717, 1.165) is 30.7 Å². The second-order valence-corrected chi connectivity index (χ2v) is 3.55. The van der Waals surface area contributed by atoms with Gasteiger partial charge in [0.2, 0.25) is 0 Å². The standard InChI is InChI=1S/C8H20ClN2/c1-4-11(5-2,6-3)7-8(9)10/h8H,4-7,10H2,1-3H3/q+1. The highest BCUT2D eigenvalue weighted by molar-refractivity contribution is 6.20. The maximum Gasteiger partial charge on any atom is 0.130 e. The molecule has 0 fully saturated rings. The molecular formula is C8H20ClN2+. The summed E-state index contributed by atoms with van der Waals surface area (Å²) in [4.78, 5) is 0. The Labute approximate surface area is 74.9 Å². The highest BCUT2D eigenvalue weighted by Gasteiger charge is 2.22. The molecule has 0 aliphatic rings. The number of quaternary nitrogens is 1. The highest BCUT2D eigenvalue weighted by atomic mass is 35.5. The van der Waals surface area contributed by atoms with Crippen LogP contribution in [-0.2, 0) is 0 Å². The van der Waals surface area contributed by atoms with Gasteiger partial charge in [-0.3, -0.25) is 0 Å². The largest absolute Gasteiger partial charge is 0.322 e. The minimum Gasteiger partial charge on any atom is -0.322 e. The van der Waals surface area contributed by atoms with Gasteiger partial charge in [0.25, 0.3) is 0 Å². The zero-order valence-corrected chi connectivity index (χ0v) is 8.56. The second kappa shape index (κ2) is 4.96. The molecule has 0 amide bonds. The van der Waals surface area contributed by atoms with Crippen LogP contribution in [-0.4, -0.2) is 36.2 Å².